The first kappa shape index (κ1) is 16.7. The standard InChI is InChI=1S/C20H20O3/c1-15(14-22-2)18(20(21)23-3)19(16-10-6-4-7-11-16)17-12-8-5-9-13-17/h4-13H,1,14H2,2-3H3. The Kier molecular flexibility index (Phi) is 5.89. The van der Waals surface area contributed by atoms with Crippen LogP contribution in [0, 0.1) is 0 Å². The number of methoxy groups -OCH3 is 2. The van der Waals surface area contributed by atoms with Gasteiger partial charge in [-0.1, -0.05) is 67.2 Å². The maximum atomic E-state index is 12.4. The van der Waals surface area contributed by atoms with E-state index < -0.39 is 5.97 Å². The molecule has 0 aromatic heterocycles. The van der Waals surface area contributed by atoms with Gasteiger partial charge in [0.2, 0.25) is 0 Å². The molecule has 0 fully saturated rings. The second kappa shape index (κ2) is 8.11. The topological polar surface area (TPSA) is 35.5 Å². The van der Waals surface area contributed by atoms with Gasteiger partial charge in [-0.2, -0.15) is 0 Å². The van der Waals surface area contributed by atoms with Crippen molar-refractivity contribution in [2.45, 2.75) is 0 Å². The van der Waals surface area contributed by atoms with E-state index in [1.54, 1.807) is 7.11 Å². The summed E-state index contributed by atoms with van der Waals surface area (Å²) in [6, 6.07) is 19.5. The summed E-state index contributed by atoms with van der Waals surface area (Å²) >= 11 is 0. The van der Waals surface area contributed by atoms with Crippen molar-refractivity contribution in [2.75, 3.05) is 20.8 Å². The van der Waals surface area contributed by atoms with Gasteiger partial charge in [-0.3, -0.25) is 0 Å². The highest BCUT2D eigenvalue weighted by Crippen LogP contribution is 2.30. The van der Waals surface area contributed by atoms with E-state index in [0.29, 0.717) is 11.1 Å². The Balaban J connectivity index is 2.74. The lowest BCUT2D eigenvalue weighted by Crippen LogP contribution is -2.13. The first-order valence-electron chi connectivity index (χ1n) is 7.29. The van der Waals surface area contributed by atoms with Crippen molar-refractivity contribution >= 4 is 11.5 Å². The summed E-state index contributed by atoms with van der Waals surface area (Å²) in [5, 5.41) is 0. The summed E-state index contributed by atoms with van der Waals surface area (Å²) in [7, 11) is 2.95. The maximum Gasteiger partial charge on any atom is 0.338 e. The van der Waals surface area contributed by atoms with Crippen LogP contribution in [0.4, 0.5) is 0 Å². The fourth-order valence-electron chi connectivity index (χ4n) is 2.44. The van der Waals surface area contributed by atoms with Crippen LogP contribution in [0.2, 0.25) is 0 Å². The zero-order valence-electron chi connectivity index (χ0n) is 13.4. The zero-order valence-corrected chi connectivity index (χ0v) is 13.4. The monoisotopic (exact) mass is 308 g/mol. The van der Waals surface area contributed by atoms with E-state index in [0.717, 1.165) is 16.7 Å². The summed E-state index contributed by atoms with van der Waals surface area (Å²) in [5.41, 5.74) is 3.67. The van der Waals surface area contributed by atoms with Crippen molar-refractivity contribution in [3.05, 3.63) is 89.5 Å². The normalized spacial score (nSPS) is 10.0. The van der Waals surface area contributed by atoms with Gasteiger partial charge < -0.3 is 9.47 Å². The largest absolute Gasteiger partial charge is 0.465 e. The van der Waals surface area contributed by atoms with E-state index in [9.17, 15) is 4.79 Å². The Morgan fingerprint density at radius 3 is 1.78 bits per heavy atom. The van der Waals surface area contributed by atoms with Gasteiger partial charge in [-0.05, 0) is 16.7 Å². The molecule has 0 N–H and O–H groups in total. The molecular weight excluding hydrogens is 288 g/mol. The lowest BCUT2D eigenvalue weighted by Gasteiger charge is -2.16. The molecule has 0 aliphatic carbocycles. The number of carbonyl (C=O) groups is 1. The molecule has 0 amide bonds. The lowest BCUT2D eigenvalue weighted by atomic mass is 9.90. The number of benzene rings is 2. The zero-order chi connectivity index (χ0) is 16.7. The molecule has 3 heteroatoms. The summed E-state index contributed by atoms with van der Waals surface area (Å²) in [6.07, 6.45) is 0. The predicted molar refractivity (Wildman–Crippen MR) is 91.9 cm³/mol. The summed E-state index contributed by atoms with van der Waals surface area (Å²) in [5.74, 6) is -0.422. The molecule has 0 heterocycles. The molecule has 23 heavy (non-hydrogen) atoms. The van der Waals surface area contributed by atoms with Gasteiger partial charge in [-0.25, -0.2) is 4.79 Å². The van der Waals surface area contributed by atoms with Crippen molar-refractivity contribution < 1.29 is 14.3 Å². The Bertz CT molecular complexity index is 659. The SMILES string of the molecule is C=C(COC)C(C(=O)OC)=C(c1ccccc1)c1ccccc1. The van der Waals surface area contributed by atoms with Crippen LogP contribution in [-0.2, 0) is 14.3 Å². The first-order chi connectivity index (χ1) is 11.2. The average molecular weight is 308 g/mol. The number of hydrogen-bond acceptors (Lipinski definition) is 3. The van der Waals surface area contributed by atoms with Crippen LogP contribution in [0.5, 0.6) is 0 Å². The van der Waals surface area contributed by atoms with Crippen molar-refractivity contribution in [1.82, 2.24) is 0 Å². The van der Waals surface area contributed by atoms with Crippen LogP contribution in [0.1, 0.15) is 11.1 Å². The summed E-state index contributed by atoms with van der Waals surface area (Å²) < 4.78 is 10.2. The van der Waals surface area contributed by atoms with Gasteiger partial charge >= 0.3 is 5.97 Å². The minimum Gasteiger partial charge on any atom is -0.465 e. The molecule has 2 aromatic rings. The molecule has 0 atom stereocenters. The lowest BCUT2D eigenvalue weighted by molar-refractivity contribution is -0.135. The van der Waals surface area contributed by atoms with E-state index in [1.807, 2.05) is 60.7 Å². The number of ether oxygens (including phenoxy) is 2. The highest BCUT2D eigenvalue weighted by atomic mass is 16.5. The van der Waals surface area contributed by atoms with Crippen LogP contribution in [-0.4, -0.2) is 26.8 Å². The number of carbonyl (C=O) groups excluding carboxylic acids is 1. The number of esters is 1. The average Bonchev–Trinajstić information content (AvgIpc) is 2.60. The van der Waals surface area contributed by atoms with E-state index >= 15 is 0 Å². The van der Waals surface area contributed by atoms with Gasteiger partial charge in [0, 0.05) is 12.7 Å². The molecule has 0 saturated carbocycles. The first-order valence-corrected chi connectivity index (χ1v) is 7.29. The molecule has 0 aliphatic heterocycles. The van der Waals surface area contributed by atoms with Crippen LogP contribution in [0.3, 0.4) is 0 Å². The third-order valence-electron chi connectivity index (χ3n) is 3.44. The molecule has 0 saturated heterocycles. The molecule has 0 spiro atoms. The van der Waals surface area contributed by atoms with E-state index in [-0.39, 0.29) is 6.61 Å². The van der Waals surface area contributed by atoms with Crippen molar-refractivity contribution in [3.63, 3.8) is 0 Å². The Hall–Kier alpha value is -2.65. The predicted octanol–water partition coefficient (Wildman–Crippen LogP) is 3.86. The van der Waals surface area contributed by atoms with E-state index in [1.165, 1.54) is 7.11 Å². The van der Waals surface area contributed by atoms with Gasteiger partial charge in [0.15, 0.2) is 0 Å². The van der Waals surface area contributed by atoms with Crippen LogP contribution >= 0.6 is 0 Å². The Morgan fingerprint density at radius 2 is 1.39 bits per heavy atom. The number of hydrogen-bond donors (Lipinski definition) is 0. The third kappa shape index (κ3) is 3.96. The minimum absolute atomic E-state index is 0.258. The third-order valence-corrected chi connectivity index (χ3v) is 3.44. The maximum absolute atomic E-state index is 12.4. The van der Waals surface area contributed by atoms with Gasteiger partial charge in [0.05, 0.1) is 19.3 Å². The number of rotatable bonds is 6. The molecule has 0 bridgehead atoms. The smallest absolute Gasteiger partial charge is 0.338 e. The molecule has 0 radical (unpaired) electrons. The molecule has 0 unspecified atom stereocenters. The molecule has 3 nitrogen and oxygen atoms in total. The molecule has 2 rings (SSSR count). The van der Waals surface area contributed by atoms with Crippen molar-refractivity contribution in [1.29, 1.82) is 0 Å². The van der Waals surface area contributed by atoms with Gasteiger partial charge in [0.25, 0.3) is 0 Å². The second-order valence-corrected chi connectivity index (χ2v) is 5.01. The summed E-state index contributed by atoms with van der Waals surface area (Å²) in [6.45, 7) is 4.26. The van der Waals surface area contributed by atoms with Crippen molar-refractivity contribution in [3.8, 4) is 0 Å². The highest BCUT2D eigenvalue weighted by Gasteiger charge is 2.21. The molecule has 2 aromatic carbocycles. The van der Waals surface area contributed by atoms with Crippen LogP contribution < -0.4 is 0 Å². The van der Waals surface area contributed by atoms with E-state index in [4.69, 9.17) is 9.47 Å². The van der Waals surface area contributed by atoms with Crippen molar-refractivity contribution in [2.24, 2.45) is 0 Å². The van der Waals surface area contributed by atoms with Crippen LogP contribution in [0.25, 0.3) is 5.57 Å². The highest BCUT2D eigenvalue weighted by molar-refractivity contribution is 6.05. The fourth-order valence-corrected chi connectivity index (χ4v) is 2.44. The second-order valence-electron chi connectivity index (χ2n) is 5.01. The quantitative estimate of drug-likeness (QED) is 0.462. The Morgan fingerprint density at radius 1 is 0.913 bits per heavy atom. The van der Waals surface area contributed by atoms with E-state index in [2.05, 4.69) is 6.58 Å². The van der Waals surface area contributed by atoms with Gasteiger partial charge in [-0.15, -0.1) is 0 Å². The van der Waals surface area contributed by atoms with Gasteiger partial charge in [0.1, 0.15) is 0 Å². The van der Waals surface area contributed by atoms with Crippen LogP contribution in [0.15, 0.2) is 78.4 Å². The molecule has 118 valence electrons. The minimum atomic E-state index is -0.422. The Labute approximate surface area is 136 Å². The molecular formula is C20H20O3. The fraction of sp³-hybridized carbons (Fsp3) is 0.150. The molecule has 0 aliphatic rings. The summed E-state index contributed by atoms with van der Waals surface area (Å²) in [4.78, 5) is 12.4.